The lowest BCUT2D eigenvalue weighted by atomic mass is 10.1. The van der Waals surface area contributed by atoms with E-state index in [-0.39, 0.29) is 29.6 Å². The number of nitrogens with zero attached hydrogens (tertiary/aromatic N) is 1. The molecule has 0 radical (unpaired) electrons. The lowest BCUT2D eigenvalue weighted by Crippen LogP contribution is -2.14. The van der Waals surface area contributed by atoms with Crippen LogP contribution in [0, 0.1) is 19.3 Å². The van der Waals surface area contributed by atoms with Gasteiger partial charge in [0.15, 0.2) is 11.5 Å². The summed E-state index contributed by atoms with van der Waals surface area (Å²) in [6.07, 6.45) is 6.93. The average molecular weight is 492 g/mol. The Morgan fingerprint density at radius 3 is 2.57 bits per heavy atom. The summed E-state index contributed by atoms with van der Waals surface area (Å²) in [6, 6.07) is 12.2. The van der Waals surface area contributed by atoms with E-state index >= 15 is 0 Å². The first kappa shape index (κ1) is 25.7. The number of hydrogen-bond acceptors (Lipinski definition) is 7. The van der Waals surface area contributed by atoms with Crippen LogP contribution in [0.4, 0.5) is 0 Å². The molecule has 2 aromatic rings. The fourth-order valence-corrected chi connectivity index (χ4v) is 4.24. The number of carbonyl (C=O) groups is 2. The molecule has 0 saturated carbocycles. The molecule has 0 aliphatic carbocycles. The van der Waals surface area contributed by atoms with Crippen molar-refractivity contribution in [3.05, 3.63) is 75.4 Å². The van der Waals surface area contributed by atoms with Gasteiger partial charge in [0.05, 0.1) is 18.1 Å². The first-order chi connectivity index (χ1) is 16.9. The van der Waals surface area contributed by atoms with Gasteiger partial charge in [0.2, 0.25) is 0 Å². The molecule has 3 rings (SSSR count). The molecule has 0 spiro atoms. The van der Waals surface area contributed by atoms with Gasteiger partial charge in [-0.25, -0.2) is 9.79 Å². The average Bonchev–Trinajstić information content (AvgIpc) is 3.13. The highest BCUT2D eigenvalue weighted by Crippen LogP contribution is 2.40. The highest BCUT2D eigenvalue weighted by atomic mass is 32.2. The molecule has 2 aromatic carbocycles. The van der Waals surface area contributed by atoms with Crippen LogP contribution in [0.1, 0.15) is 35.3 Å². The summed E-state index contributed by atoms with van der Waals surface area (Å²) in [5.41, 5.74) is 1.68. The highest BCUT2D eigenvalue weighted by Gasteiger charge is 2.34. The van der Waals surface area contributed by atoms with Crippen molar-refractivity contribution in [3.63, 3.8) is 0 Å². The van der Waals surface area contributed by atoms with Crippen LogP contribution in [0.15, 0.2) is 63.7 Å². The van der Waals surface area contributed by atoms with E-state index in [0.717, 1.165) is 17.3 Å². The van der Waals surface area contributed by atoms with E-state index in [1.54, 1.807) is 56.3 Å². The molecule has 180 valence electrons. The van der Waals surface area contributed by atoms with E-state index < -0.39 is 11.9 Å². The number of benzene rings is 2. The number of ether oxygens (including phenoxy) is 3. The number of amides is 1. The Balaban J connectivity index is 2.01. The maximum Gasteiger partial charge on any atom is 0.344 e. The summed E-state index contributed by atoms with van der Waals surface area (Å²) < 4.78 is 16.3. The second-order valence-corrected chi connectivity index (χ2v) is 8.25. The van der Waals surface area contributed by atoms with Crippen LogP contribution in [-0.2, 0) is 9.53 Å². The first-order valence-corrected chi connectivity index (χ1v) is 11.7. The Morgan fingerprint density at radius 2 is 1.89 bits per heavy atom. The molecular weight excluding hydrogens is 466 g/mol. The lowest BCUT2D eigenvalue weighted by Gasteiger charge is -2.11. The van der Waals surface area contributed by atoms with Gasteiger partial charge in [0.1, 0.15) is 23.0 Å². The maximum absolute atomic E-state index is 12.8. The summed E-state index contributed by atoms with van der Waals surface area (Å²) >= 11 is 1.01. The van der Waals surface area contributed by atoms with Crippen molar-refractivity contribution in [1.82, 2.24) is 0 Å². The van der Waals surface area contributed by atoms with E-state index in [0.29, 0.717) is 34.1 Å². The molecule has 0 aromatic heterocycles. The number of aryl methyl sites for hydroxylation is 1. The van der Waals surface area contributed by atoms with E-state index in [1.165, 1.54) is 0 Å². The highest BCUT2D eigenvalue weighted by molar-refractivity contribution is 8.18. The van der Waals surface area contributed by atoms with Crippen LogP contribution in [0.25, 0.3) is 6.08 Å². The zero-order valence-electron chi connectivity index (χ0n) is 19.7. The quantitative estimate of drug-likeness (QED) is 0.405. The van der Waals surface area contributed by atoms with Gasteiger partial charge in [-0.15, -0.1) is 6.42 Å². The molecule has 35 heavy (non-hydrogen) atoms. The van der Waals surface area contributed by atoms with Crippen molar-refractivity contribution in [2.75, 3.05) is 19.8 Å². The first-order valence-electron chi connectivity index (χ1n) is 10.9. The largest absolute Gasteiger partial charge is 0.506 e. The molecule has 0 unspecified atom stereocenters. The van der Waals surface area contributed by atoms with Crippen molar-refractivity contribution >= 4 is 34.8 Å². The minimum Gasteiger partial charge on any atom is -0.506 e. The van der Waals surface area contributed by atoms with Crippen LogP contribution in [0.5, 0.6) is 11.5 Å². The Hall–Kier alpha value is -3.96. The Kier molecular flexibility index (Phi) is 8.76. The van der Waals surface area contributed by atoms with E-state index in [9.17, 15) is 14.7 Å². The molecule has 7 nitrogen and oxygen atoms in total. The third-order valence-electron chi connectivity index (χ3n) is 4.83. The molecule has 1 aliphatic heterocycles. The van der Waals surface area contributed by atoms with Crippen molar-refractivity contribution < 1.29 is 28.9 Å². The van der Waals surface area contributed by atoms with Crippen molar-refractivity contribution in [2.24, 2.45) is 4.99 Å². The molecule has 0 saturated heterocycles. The number of rotatable bonds is 8. The number of aliphatic hydroxyl groups is 1. The predicted octanol–water partition coefficient (Wildman–Crippen LogP) is 5.11. The number of aliphatic hydroxyl groups excluding tert-OH is 1. The summed E-state index contributed by atoms with van der Waals surface area (Å²) in [5, 5.41) is 10.9. The number of hydrogen-bond donors (Lipinski definition) is 1. The molecule has 1 heterocycles. The lowest BCUT2D eigenvalue weighted by molar-refractivity contribution is -0.138. The zero-order chi connectivity index (χ0) is 25.4. The second kappa shape index (κ2) is 12.0. The molecule has 0 fully saturated rings. The number of carbonyl (C=O) groups excluding carboxylic acids is 2. The third kappa shape index (κ3) is 6.14. The van der Waals surface area contributed by atoms with Gasteiger partial charge < -0.3 is 19.3 Å². The van der Waals surface area contributed by atoms with Crippen LogP contribution in [0.3, 0.4) is 0 Å². The molecule has 0 bridgehead atoms. The van der Waals surface area contributed by atoms with Crippen LogP contribution in [0.2, 0.25) is 0 Å². The van der Waals surface area contributed by atoms with Gasteiger partial charge in [-0.1, -0.05) is 41.9 Å². The molecule has 8 heteroatoms. The number of terminal acetylenes is 1. The zero-order valence-corrected chi connectivity index (χ0v) is 20.5. The van der Waals surface area contributed by atoms with Gasteiger partial charge in [0, 0.05) is 5.56 Å². The Labute approximate surface area is 208 Å². The fraction of sp³-hybridized carbons (Fsp3) is 0.222. The predicted molar refractivity (Wildman–Crippen MR) is 137 cm³/mol. The van der Waals surface area contributed by atoms with Gasteiger partial charge >= 0.3 is 5.97 Å². The van der Waals surface area contributed by atoms with E-state index in [4.69, 9.17) is 20.6 Å². The number of thioether (sulfide) groups is 1. The summed E-state index contributed by atoms with van der Waals surface area (Å²) in [7, 11) is 0. The monoisotopic (exact) mass is 491 g/mol. The van der Waals surface area contributed by atoms with Crippen molar-refractivity contribution in [2.45, 2.75) is 20.8 Å². The standard InChI is InChI=1S/C27H25NO6S/c1-5-14-34-20-13-12-18(15-21(20)32-6-2)16-22-24(29)23(27(31)33-7-3)26(35-22)28-25(30)19-11-9-8-10-17(19)4/h1,8-13,15-16,29H,6-7,14H2,2-4H3/b22-16-,28-26?. The van der Waals surface area contributed by atoms with Crippen LogP contribution < -0.4 is 9.47 Å². The van der Waals surface area contributed by atoms with Gasteiger partial charge in [-0.2, -0.15) is 0 Å². The Morgan fingerprint density at radius 1 is 1.11 bits per heavy atom. The molecule has 1 aliphatic rings. The van der Waals surface area contributed by atoms with Crippen molar-refractivity contribution in [1.29, 1.82) is 0 Å². The smallest absolute Gasteiger partial charge is 0.344 e. The summed E-state index contributed by atoms with van der Waals surface area (Å²) in [4.78, 5) is 29.9. The van der Waals surface area contributed by atoms with Gasteiger partial charge in [-0.05, 0) is 56.2 Å². The van der Waals surface area contributed by atoms with Gasteiger partial charge in [-0.3, -0.25) is 4.79 Å². The van der Waals surface area contributed by atoms with Gasteiger partial charge in [0.25, 0.3) is 5.91 Å². The van der Waals surface area contributed by atoms with Crippen LogP contribution >= 0.6 is 11.8 Å². The summed E-state index contributed by atoms with van der Waals surface area (Å²) in [5.74, 6) is 1.80. The maximum atomic E-state index is 12.8. The molecule has 0 atom stereocenters. The second-order valence-electron chi connectivity index (χ2n) is 7.22. The summed E-state index contributed by atoms with van der Waals surface area (Å²) in [6.45, 7) is 5.91. The van der Waals surface area contributed by atoms with E-state index in [2.05, 4.69) is 10.9 Å². The van der Waals surface area contributed by atoms with Crippen LogP contribution in [-0.4, -0.2) is 41.8 Å². The molecular formula is C27H25NO6S. The minimum absolute atomic E-state index is 0.0689. The SMILES string of the molecule is C#CCOc1ccc(/C=C2\SC(=NC(=O)c3ccccc3C)C(C(=O)OCC)=C2O)cc1OCC. The third-order valence-corrected chi connectivity index (χ3v) is 5.85. The fourth-order valence-electron chi connectivity index (χ4n) is 3.23. The number of esters is 1. The molecule has 1 N–H and O–H groups in total. The number of aliphatic imine (C=N–C) groups is 1. The van der Waals surface area contributed by atoms with Crippen molar-refractivity contribution in [3.8, 4) is 23.8 Å². The minimum atomic E-state index is -0.759. The van der Waals surface area contributed by atoms with E-state index in [1.807, 2.05) is 13.0 Å². The normalized spacial score (nSPS) is 15.3. The molecule has 1 amide bonds. The Bertz CT molecular complexity index is 1270. The topological polar surface area (TPSA) is 94.4 Å².